The minimum atomic E-state index is -3.81. The van der Waals surface area contributed by atoms with Gasteiger partial charge < -0.3 is 5.73 Å². The first-order valence-corrected chi connectivity index (χ1v) is 8.06. The van der Waals surface area contributed by atoms with Gasteiger partial charge in [0, 0.05) is 18.2 Å². The van der Waals surface area contributed by atoms with Crippen LogP contribution in [0.3, 0.4) is 0 Å². The molecule has 0 aliphatic rings. The van der Waals surface area contributed by atoms with Crippen LogP contribution in [0.1, 0.15) is 18.0 Å². The lowest BCUT2D eigenvalue weighted by Crippen LogP contribution is -2.10. The molecule has 7 nitrogen and oxygen atoms in total. The van der Waals surface area contributed by atoms with Crippen LogP contribution < -0.4 is 5.73 Å². The molecule has 2 rings (SSSR count). The van der Waals surface area contributed by atoms with E-state index in [1.54, 1.807) is 12.1 Å². The maximum atomic E-state index is 12.6. The van der Waals surface area contributed by atoms with Crippen molar-refractivity contribution in [2.24, 2.45) is 5.73 Å². The van der Waals surface area contributed by atoms with Gasteiger partial charge >= 0.3 is 0 Å². The molecule has 2 aromatic rings. The van der Waals surface area contributed by atoms with Crippen LogP contribution in [0.25, 0.3) is 0 Å². The molecule has 2 N–H and O–H groups in total. The van der Waals surface area contributed by atoms with Crippen molar-refractivity contribution >= 4 is 15.5 Å². The SMILES string of the molecule is N#CC[C@H](N)c1cccc(S(=O)(=O)c2ccc([N+](=O)[O-])cc2)c1. The average Bonchev–Trinajstić information content (AvgIpc) is 2.55. The van der Waals surface area contributed by atoms with Crippen LogP contribution in [0, 0.1) is 21.4 Å². The fourth-order valence-corrected chi connectivity index (χ4v) is 3.33. The van der Waals surface area contributed by atoms with E-state index in [9.17, 15) is 18.5 Å². The summed E-state index contributed by atoms with van der Waals surface area (Å²) in [6.45, 7) is 0. The first kappa shape index (κ1) is 16.6. The Kier molecular flexibility index (Phi) is 4.74. The number of nitro groups is 1. The van der Waals surface area contributed by atoms with Crippen LogP contribution in [-0.4, -0.2) is 13.3 Å². The van der Waals surface area contributed by atoms with Gasteiger partial charge in [-0.25, -0.2) is 8.42 Å². The molecule has 0 aliphatic heterocycles. The monoisotopic (exact) mass is 331 g/mol. The normalized spacial score (nSPS) is 12.3. The second-order valence-electron chi connectivity index (χ2n) is 4.80. The number of hydrogen-bond acceptors (Lipinski definition) is 6. The Bertz CT molecular complexity index is 870. The van der Waals surface area contributed by atoms with Gasteiger partial charge in [-0.1, -0.05) is 12.1 Å². The molecule has 118 valence electrons. The van der Waals surface area contributed by atoms with E-state index in [0.717, 1.165) is 12.1 Å². The van der Waals surface area contributed by atoms with Crippen molar-refractivity contribution in [1.82, 2.24) is 0 Å². The molecule has 0 heterocycles. The molecule has 0 saturated heterocycles. The minimum absolute atomic E-state index is 0.0252. The molecule has 8 heteroatoms. The van der Waals surface area contributed by atoms with Gasteiger partial charge in [-0.2, -0.15) is 5.26 Å². The number of nitrogens with zero attached hydrogens (tertiary/aromatic N) is 2. The standard InChI is InChI=1S/C15H13N3O4S/c16-9-8-15(17)11-2-1-3-14(10-11)23(21,22)13-6-4-12(5-7-13)18(19)20/h1-7,10,15H,8,17H2/t15-/m0/s1. The molecule has 0 fully saturated rings. The number of benzene rings is 2. The topological polar surface area (TPSA) is 127 Å². The summed E-state index contributed by atoms with van der Waals surface area (Å²) in [6.07, 6.45) is 0.0705. The molecule has 0 bridgehead atoms. The minimum Gasteiger partial charge on any atom is -0.323 e. The highest BCUT2D eigenvalue weighted by molar-refractivity contribution is 7.91. The highest BCUT2D eigenvalue weighted by Gasteiger charge is 2.20. The summed E-state index contributed by atoms with van der Waals surface area (Å²) in [5.41, 5.74) is 6.17. The Labute approximate surface area is 133 Å². The molecule has 0 amide bonds. The number of nitriles is 1. The van der Waals surface area contributed by atoms with Gasteiger partial charge in [-0.15, -0.1) is 0 Å². The maximum Gasteiger partial charge on any atom is 0.269 e. The lowest BCUT2D eigenvalue weighted by molar-refractivity contribution is -0.384. The highest BCUT2D eigenvalue weighted by atomic mass is 32.2. The van der Waals surface area contributed by atoms with Gasteiger partial charge in [-0.3, -0.25) is 10.1 Å². The van der Waals surface area contributed by atoms with Crippen molar-refractivity contribution in [3.05, 3.63) is 64.2 Å². The maximum absolute atomic E-state index is 12.6. The van der Waals surface area contributed by atoms with E-state index in [1.807, 2.05) is 6.07 Å². The predicted molar refractivity (Wildman–Crippen MR) is 82.1 cm³/mol. The number of nitro benzene ring substituents is 1. The zero-order valence-corrected chi connectivity index (χ0v) is 12.7. The molecular weight excluding hydrogens is 318 g/mol. The lowest BCUT2D eigenvalue weighted by Gasteiger charge is -2.10. The zero-order valence-electron chi connectivity index (χ0n) is 11.9. The van der Waals surface area contributed by atoms with E-state index in [4.69, 9.17) is 11.0 Å². The van der Waals surface area contributed by atoms with E-state index in [2.05, 4.69) is 0 Å². The zero-order chi connectivity index (χ0) is 17.0. The number of nitrogens with two attached hydrogens (primary N) is 1. The molecule has 0 aliphatic carbocycles. The smallest absolute Gasteiger partial charge is 0.269 e. The van der Waals surface area contributed by atoms with Crippen molar-refractivity contribution in [2.45, 2.75) is 22.3 Å². The summed E-state index contributed by atoms with van der Waals surface area (Å²) >= 11 is 0. The third-order valence-corrected chi connectivity index (χ3v) is 5.03. The van der Waals surface area contributed by atoms with Gasteiger partial charge in [0.2, 0.25) is 9.84 Å². The summed E-state index contributed by atoms with van der Waals surface area (Å²) in [7, 11) is -3.81. The Hall–Kier alpha value is -2.76. The van der Waals surface area contributed by atoms with E-state index in [1.165, 1.54) is 24.3 Å². The molecule has 0 radical (unpaired) electrons. The summed E-state index contributed by atoms with van der Waals surface area (Å²) in [5.74, 6) is 0. The Morgan fingerprint density at radius 1 is 1.17 bits per heavy atom. The van der Waals surface area contributed by atoms with E-state index in [0.29, 0.717) is 5.56 Å². The fourth-order valence-electron chi connectivity index (χ4n) is 2.01. The van der Waals surface area contributed by atoms with E-state index < -0.39 is 20.8 Å². The van der Waals surface area contributed by atoms with Gasteiger partial charge in [-0.05, 0) is 29.8 Å². The van der Waals surface area contributed by atoms with E-state index in [-0.39, 0.29) is 21.9 Å². The quantitative estimate of drug-likeness (QED) is 0.661. The molecule has 0 unspecified atom stereocenters. The Morgan fingerprint density at radius 3 is 2.39 bits per heavy atom. The first-order valence-electron chi connectivity index (χ1n) is 6.58. The molecular formula is C15H13N3O4S. The Morgan fingerprint density at radius 2 is 1.83 bits per heavy atom. The van der Waals surface area contributed by atoms with Gasteiger partial charge in [0.1, 0.15) is 0 Å². The molecule has 0 aromatic heterocycles. The summed E-state index contributed by atoms with van der Waals surface area (Å²) in [6, 6.07) is 12.0. The second kappa shape index (κ2) is 6.56. The van der Waals surface area contributed by atoms with Crippen LogP contribution in [0.5, 0.6) is 0 Å². The number of rotatable bonds is 5. The molecule has 23 heavy (non-hydrogen) atoms. The summed E-state index contributed by atoms with van der Waals surface area (Å²) in [5, 5.41) is 19.3. The Balaban J connectivity index is 2.42. The largest absolute Gasteiger partial charge is 0.323 e. The lowest BCUT2D eigenvalue weighted by atomic mass is 10.1. The van der Waals surface area contributed by atoms with Gasteiger partial charge in [0.25, 0.3) is 5.69 Å². The molecule has 2 aromatic carbocycles. The first-order chi connectivity index (χ1) is 10.9. The molecule has 0 saturated carbocycles. The van der Waals surface area contributed by atoms with Crippen LogP contribution in [0.2, 0.25) is 0 Å². The molecule has 0 spiro atoms. The van der Waals surface area contributed by atoms with Crippen LogP contribution in [0.4, 0.5) is 5.69 Å². The van der Waals surface area contributed by atoms with Crippen molar-refractivity contribution in [1.29, 1.82) is 5.26 Å². The van der Waals surface area contributed by atoms with Crippen molar-refractivity contribution < 1.29 is 13.3 Å². The van der Waals surface area contributed by atoms with Crippen molar-refractivity contribution in [2.75, 3.05) is 0 Å². The van der Waals surface area contributed by atoms with Gasteiger partial charge in [0.15, 0.2) is 0 Å². The fraction of sp³-hybridized carbons (Fsp3) is 0.133. The summed E-state index contributed by atoms with van der Waals surface area (Å²) < 4.78 is 25.1. The van der Waals surface area contributed by atoms with Crippen LogP contribution in [-0.2, 0) is 9.84 Å². The van der Waals surface area contributed by atoms with E-state index >= 15 is 0 Å². The number of non-ortho nitro benzene ring substituents is 1. The average molecular weight is 331 g/mol. The van der Waals surface area contributed by atoms with Crippen molar-refractivity contribution in [3.63, 3.8) is 0 Å². The van der Waals surface area contributed by atoms with Crippen LogP contribution in [0.15, 0.2) is 58.3 Å². The summed E-state index contributed by atoms with van der Waals surface area (Å²) in [4.78, 5) is 10.0. The van der Waals surface area contributed by atoms with Crippen molar-refractivity contribution in [3.8, 4) is 6.07 Å². The predicted octanol–water partition coefficient (Wildman–Crippen LogP) is 2.34. The van der Waals surface area contributed by atoms with Crippen LogP contribution >= 0.6 is 0 Å². The third kappa shape index (κ3) is 3.53. The van der Waals surface area contributed by atoms with Gasteiger partial charge in [0.05, 0.1) is 27.2 Å². The molecule has 1 atom stereocenters. The number of sulfone groups is 1. The third-order valence-electron chi connectivity index (χ3n) is 3.27. The number of hydrogen-bond donors (Lipinski definition) is 1. The second-order valence-corrected chi connectivity index (χ2v) is 6.75. The highest BCUT2D eigenvalue weighted by Crippen LogP contribution is 2.25.